The number of aliphatic hydroxyl groups excluding tert-OH is 1. The summed E-state index contributed by atoms with van der Waals surface area (Å²) in [5.74, 6) is 0. The van der Waals surface area contributed by atoms with Gasteiger partial charge >= 0.3 is 6.03 Å². The summed E-state index contributed by atoms with van der Waals surface area (Å²) >= 11 is 0. The fraction of sp³-hybridized carbons (Fsp3) is 0.533. The molecule has 2 aliphatic rings. The molecule has 3 N–H and O–H groups in total. The van der Waals surface area contributed by atoms with Crippen molar-refractivity contribution in [1.29, 1.82) is 0 Å². The molecule has 1 aromatic carbocycles. The number of carbonyl (C=O) groups is 1. The number of hydrogen-bond acceptors (Lipinski definition) is 3. The van der Waals surface area contributed by atoms with Gasteiger partial charge in [0.2, 0.25) is 0 Å². The van der Waals surface area contributed by atoms with E-state index in [1.54, 1.807) is 4.90 Å². The van der Waals surface area contributed by atoms with E-state index in [-0.39, 0.29) is 12.1 Å². The standard InChI is InChI=1S/C15H21N3O2/c16-15(20)18-7-3-6-17(8-9-18)13-10-11-4-1-2-5-12(11)14(13)19/h1-2,4-5,13-14,19H,3,6-10H2,(H2,16,20). The second kappa shape index (κ2) is 5.42. The van der Waals surface area contributed by atoms with Crippen LogP contribution in [0, 0.1) is 0 Å². The molecule has 1 saturated heterocycles. The number of primary amides is 1. The second-order valence-corrected chi connectivity index (χ2v) is 5.63. The first-order chi connectivity index (χ1) is 9.66. The van der Waals surface area contributed by atoms with Crippen LogP contribution >= 0.6 is 0 Å². The third kappa shape index (κ3) is 2.39. The van der Waals surface area contributed by atoms with Crippen LogP contribution in [-0.2, 0) is 6.42 Å². The normalized spacial score (nSPS) is 27.1. The molecule has 1 aliphatic heterocycles. The number of carbonyl (C=O) groups excluding carboxylic acids is 1. The van der Waals surface area contributed by atoms with E-state index in [1.165, 1.54) is 5.56 Å². The molecule has 108 valence electrons. The maximum absolute atomic E-state index is 11.3. The van der Waals surface area contributed by atoms with Crippen LogP contribution in [0.3, 0.4) is 0 Å². The Kier molecular flexibility index (Phi) is 3.63. The molecular formula is C15H21N3O2. The van der Waals surface area contributed by atoms with E-state index >= 15 is 0 Å². The molecule has 2 unspecified atom stereocenters. The summed E-state index contributed by atoms with van der Waals surface area (Å²) in [4.78, 5) is 15.2. The van der Waals surface area contributed by atoms with Crippen LogP contribution in [0.1, 0.15) is 23.7 Å². The van der Waals surface area contributed by atoms with E-state index < -0.39 is 6.10 Å². The minimum atomic E-state index is -0.425. The van der Waals surface area contributed by atoms with Crippen molar-refractivity contribution in [3.05, 3.63) is 35.4 Å². The number of nitrogens with zero attached hydrogens (tertiary/aromatic N) is 2. The fourth-order valence-corrected chi connectivity index (χ4v) is 3.37. The van der Waals surface area contributed by atoms with Crippen molar-refractivity contribution in [1.82, 2.24) is 9.80 Å². The molecule has 3 rings (SSSR count). The van der Waals surface area contributed by atoms with Crippen LogP contribution in [0.25, 0.3) is 0 Å². The molecule has 1 fully saturated rings. The molecular weight excluding hydrogens is 254 g/mol. The minimum absolute atomic E-state index is 0.125. The zero-order chi connectivity index (χ0) is 14.1. The molecule has 1 aliphatic carbocycles. The van der Waals surface area contributed by atoms with Crippen LogP contribution in [-0.4, -0.2) is 53.2 Å². The van der Waals surface area contributed by atoms with Crippen molar-refractivity contribution >= 4 is 6.03 Å². The highest BCUT2D eigenvalue weighted by molar-refractivity contribution is 5.71. The first kappa shape index (κ1) is 13.4. The summed E-state index contributed by atoms with van der Waals surface area (Å²) in [5.41, 5.74) is 7.64. The quantitative estimate of drug-likeness (QED) is 0.794. The Morgan fingerprint density at radius 1 is 1.20 bits per heavy atom. The lowest BCUT2D eigenvalue weighted by Gasteiger charge is -2.29. The number of nitrogens with two attached hydrogens (primary N) is 1. The predicted octanol–water partition coefficient (Wildman–Crippen LogP) is 0.731. The summed E-state index contributed by atoms with van der Waals surface area (Å²) in [6.07, 6.45) is 1.36. The Hall–Kier alpha value is -1.59. The highest BCUT2D eigenvalue weighted by atomic mass is 16.3. The molecule has 0 aromatic heterocycles. The Morgan fingerprint density at radius 2 is 2.00 bits per heavy atom. The summed E-state index contributed by atoms with van der Waals surface area (Å²) < 4.78 is 0. The van der Waals surface area contributed by atoms with Gasteiger partial charge in [0.1, 0.15) is 0 Å². The molecule has 1 heterocycles. The van der Waals surface area contributed by atoms with E-state index in [0.717, 1.165) is 31.5 Å². The molecule has 20 heavy (non-hydrogen) atoms. The third-order valence-electron chi connectivity index (χ3n) is 4.48. The number of fused-ring (bicyclic) bond motifs is 1. The Balaban J connectivity index is 1.71. The molecule has 5 heteroatoms. The zero-order valence-electron chi connectivity index (χ0n) is 11.5. The van der Waals surface area contributed by atoms with Gasteiger partial charge in [0.05, 0.1) is 6.10 Å². The van der Waals surface area contributed by atoms with E-state index in [1.807, 2.05) is 18.2 Å². The van der Waals surface area contributed by atoms with Gasteiger partial charge in [-0.2, -0.15) is 0 Å². The molecule has 0 radical (unpaired) electrons. The molecule has 2 atom stereocenters. The molecule has 1 aromatic rings. The minimum Gasteiger partial charge on any atom is -0.387 e. The molecule has 2 amide bonds. The SMILES string of the molecule is NC(=O)N1CCCN(C2Cc3ccccc3C2O)CC1. The van der Waals surface area contributed by atoms with Gasteiger partial charge in [0.15, 0.2) is 0 Å². The summed E-state index contributed by atoms with van der Waals surface area (Å²) in [5, 5.41) is 10.5. The van der Waals surface area contributed by atoms with Gasteiger partial charge in [-0.15, -0.1) is 0 Å². The Bertz CT molecular complexity index is 506. The predicted molar refractivity (Wildman–Crippen MR) is 76.2 cm³/mol. The Morgan fingerprint density at radius 3 is 2.75 bits per heavy atom. The highest BCUT2D eigenvalue weighted by Crippen LogP contribution is 2.34. The average molecular weight is 275 g/mol. The maximum Gasteiger partial charge on any atom is 0.314 e. The Labute approximate surface area is 119 Å². The van der Waals surface area contributed by atoms with E-state index in [4.69, 9.17) is 5.73 Å². The summed E-state index contributed by atoms with van der Waals surface area (Å²) in [6, 6.07) is 7.87. The lowest BCUT2D eigenvalue weighted by atomic mass is 10.1. The summed E-state index contributed by atoms with van der Waals surface area (Å²) in [7, 11) is 0. The number of hydrogen-bond donors (Lipinski definition) is 2. The van der Waals surface area contributed by atoms with Gasteiger partial charge in [-0.3, -0.25) is 4.90 Å². The number of rotatable bonds is 1. The van der Waals surface area contributed by atoms with Crippen molar-refractivity contribution in [2.75, 3.05) is 26.2 Å². The molecule has 5 nitrogen and oxygen atoms in total. The maximum atomic E-state index is 11.3. The number of urea groups is 1. The van der Waals surface area contributed by atoms with Gasteiger partial charge in [-0.25, -0.2) is 4.79 Å². The van der Waals surface area contributed by atoms with E-state index in [2.05, 4.69) is 11.0 Å². The number of amides is 2. The van der Waals surface area contributed by atoms with Crippen molar-refractivity contribution < 1.29 is 9.90 Å². The molecule has 0 spiro atoms. The number of aliphatic hydroxyl groups is 1. The van der Waals surface area contributed by atoms with Crippen molar-refractivity contribution in [3.8, 4) is 0 Å². The largest absolute Gasteiger partial charge is 0.387 e. The fourth-order valence-electron chi connectivity index (χ4n) is 3.37. The lowest BCUT2D eigenvalue weighted by Crippen LogP contribution is -2.42. The summed E-state index contributed by atoms with van der Waals surface area (Å²) in [6.45, 7) is 3.04. The van der Waals surface area contributed by atoms with Gasteiger partial charge in [-0.1, -0.05) is 24.3 Å². The molecule has 0 saturated carbocycles. The van der Waals surface area contributed by atoms with Crippen LogP contribution in [0.2, 0.25) is 0 Å². The van der Waals surface area contributed by atoms with Gasteiger partial charge in [-0.05, 0) is 24.0 Å². The van der Waals surface area contributed by atoms with Gasteiger partial charge < -0.3 is 15.7 Å². The van der Waals surface area contributed by atoms with Crippen LogP contribution in [0.5, 0.6) is 0 Å². The van der Waals surface area contributed by atoms with Crippen LogP contribution in [0.4, 0.5) is 4.79 Å². The highest BCUT2D eigenvalue weighted by Gasteiger charge is 2.35. The van der Waals surface area contributed by atoms with Crippen molar-refractivity contribution in [3.63, 3.8) is 0 Å². The first-order valence-corrected chi connectivity index (χ1v) is 7.21. The van der Waals surface area contributed by atoms with Gasteiger partial charge in [0.25, 0.3) is 0 Å². The first-order valence-electron chi connectivity index (χ1n) is 7.21. The van der Waals surface area contributed by atoms with E-state index in [0.29, 0.717) is 13.1 Å². The van der Waals surface area contributed by atoms with E-state index in [9.17, 15) is 9.90 Å². The topological polar surface area (TPSA) is 69.8 Å². The zero-order valence-corrected chi connectivity index (χ0v) is 11.5. The second-order valence-electron chi connectivity index (χ2n) is 5.63. The smallest absolute Gasteiger partial charge is 0.314 e. The van der Waals surface area contributed by atoms with Gasteiger partial charge in [0, 0.05) is 32.2 Å². The third-order valence-corrected chi connectivity index (χ3v) is 4.48. The van der Waals surface area contributed by atoms with Crippen LogP contribution in [0.15, 0.2) is 24.3 Å². The lowest BCUT2D eigenvalue weighted by molar-refractivity contribution is 0.0633. The average Bonchev–Trinajstić information content (AvgIpc) is 2.65. The number of benzene rings is 1. The monoisotopic (exact) mass is 275 g/mol. The van der Waals surface area contributed by atoms with Crippen molar-refractivity contribution in [2.24, 2.45) is 5.73 Å². The van der Waals surface area contributed by atoms with Crippen LogP contribution < -0.4 is 5.73 Å². The molecule has 0 bridgehead atoms. The van der Waals surface area contributed by atoms with Crippen molar-refractivity contribution in [2.45, 2.75) is 25.0 Å².